The molecule has 2 aliphatic heterocycles. The fourth-order valence-corrected chi connectivity index (χ4v) is 6.48. The van der Waals surface area contributed by atoms with Crippen molar-refractivity contribution in [3.05, 3.63) is 17.0 Å². The minimum Gasteiger partial charge on any atom is -0.302 e. The molecule has 0 N–H and O–H groups in total. The van der Waals surface area contributed by atoms with E-state index in [0.29, 0.717) is 10.8 Å². The molecule has 1 aromatic heterocycles. The lowest BCUT2D eigenvalue weighted by Gasteiger charge is -2.27. The Labute approximate surface area is 131 Å². The standard InChI is InChI=1S/C15H24N2O2S2/c1-2-14-7-8-15(20-14)21(18,19)17-11-5-6-13(17)12-16-9-3-4-10-16/h7-8,13H,2-6,9-12H2,1H3. The van der Waals surface area contributed by atoms with Gasteiger partial charge in [0.25, 0.3) is 10.0 Å². The molecular weight excluding hydrogens is 304 g/mol. The van der Waals surface area contributed by atoms with Crippen LogP contribution in [-0.4, -0.2) is 49.8 Å². The number of likely N-dealkylation sites (tertiary alicyclic amines) is 1. The predicted molar refractivity (Wildman–Crippen MR) is 86.3 cm³/mol. The highest BCUT2D eigenvalue weighted by molar-refractivity contribution is 7.91. The molecule has 0 aromatic carbocycles. The minimum absolute atomic E-state index is 0.167. The lowest BCUT2D eigenvalue weighted by molar-refractivity contribution is 0.257. The molecule has 0 saturated carbocycles. The number of aryl methyl sites for hydroxylation is 1. The molecule has 2 aliphatic rings. The van der Waals surface area contributed by atoms with Gasteiger partial charge >= 0.3 is 0 Å². The van der Waals surface area contributed by atoms with Crippen LogP contribution in [0.25, 0.3) is 0 Å². The average Bonchev–Trinajstić information content (AvgIpc) is 3.20. The SMILES string of the molecule is CCc1ccc(S(=O)(=O)N2CCCC2CN2CCCC2)s1. The second-order valence-corrected chi connectivity index (χ2v) is 9.28. The Bertz CT molecular complexity index is 576. The van der Waals surface area contributed by atoms with Gasteiger partial charge in [-0.05, 0) is 57.3 Å². The Hall–Kier alpha value is -0.430. The van der Waals surface area contributed by atoms with Gasteiger partial charge in [0.2, 0.25) is 0 Å². The highest BCUT2D eigenvalue weighted by Crippen LogP contribution is 2.31. The molecule has 6 heteroatoms. The molecule has 3 rings (SSSR count). The molecule has 0 amide bonds. The number of thiophene rings is 1. The lowest BCUT2D eigenvalue weighted by Crippen LogP contribution is -2.42. The zero-order valence-corrected chi connectivity index (χ0v) is 14.3. The van der Waals surface area contributed by atoms with Gasteiger partial charge < -0.3 is 4.90 Å². The van der Waals surface area contributed by atoms with Crippen molar-refractivity contribution in [2.75, 3.05) is 26.2 Å². The average molecular weight is 329 g/mol. The van der Waals surface area contributed by atoms with E-state index in [4.69, 9.17) is 0 Å². The van der Waals surface area contributed by atoms with E-state index >= 15 is 0 Å². The smallest absolute Gasteiger partial charge is 0.252 e. The van der Waals surface area contributed by atoms with E-state index in [-0.39, 0.29) is 6.04 Å². The maximum atomic E-state index is 12.9. The molecule has 21 heavy (non-hydrogen) atoms. The number of hydrogen-bond acceptors (Lipinski definition) is 4. The Kier molecular flexibility index (Phi) is 4.69. The second-order valence-electron chi connectivity index (χ2n) is 5.99. The van der Waals surface area contributed by atoms with E-state index in [1.807, 2.05) is 6.07 Å². The van der Waals surface area contributed by atoms with Crippen LogP contribution >= 0.6 is 11.3 Å². The maximum absolute atomic E-state index is 12.9. The Morgan fingerprint density at radius 2 is 1.95 bits per heavy atom. The molecule has 0 radical (unpaired) electrons. The van der Waals surface area contributed by atoms with Crippen LogP contribution in [0.4, 0.5) is 0 Å². The third-order valence-electron chi connectivity index (χ3n) is 4.54. The van der Waals surface area contributed by atoms with Crippen LogP contribution in [0.5, 0.6) is 0 Å². The number of hydrogen-bond donors (Lipinski definition) is 0. The first-order valence-corrected chi connectivity index (χ1v) is 10.2. The van der Waals surface area contributed by atoms with Crippen LogP contribution in [0.3, 0.4) is 0 Å². The summed E-state index contributed by atoms with van der Waals surface area (Å²) in [4.78, 5) is 3.56. The van der Waals surface area contributed by atoms with Crippen molar-refractivity contribution < 1.29 is 8.42 Å². The Morgan fingerprint density at radius 3 is 2.62 bits per heavy atom. The van der Waals surface area contributed by atoms with Crippen LogP contribution in [0.1, 0.15) is 37.5 Å². The van der Waals surface area contributed by atoms with Crippen molar-refractivity contribution in [2.45, 2.75) is 49.3 Å². The van der Waals surface area contributed by atoms with E-state index in [9.17, 15) is 8.42 Å². The van der Waals surface area contributed by atoms with Gasteiger partial charge in [-0.3, -0.25) is 0 Å². The number of sulfonamides is 1. The van der Waals surface area contributed by atoms with Crippen molar-refractivity contribution in [3.63, 3.8) is 0 Å². The second kappa shape index (κ2) is 6.36. The van der Waals surface area contributed by atoms with Crippen LogP contribution in [0.2, 0.25) is 0 Å². The first-order chi connectivity index (χ1) is 10.1. The topological polar surface area (TPSA) is 40.6 Å². The van der Waals surface area contributed by atoms with Gasteiger partial charge in [0.1, 0.15) is 4.21 Å². The zero-order chi connectivity index (χ0) is 14.9. The van der Waals surface area contributed by atoms with Crippen LogP contribution in [0, 0.1) is 0 Å². The fourth-order valence-electron chi connectivity index (χ4n) is 3.37. The molecule has 4 nitrogen and oxygen atoms in total. The molecular formula is C15H24N2O2S2. The Morgan fingerprint density at radius 1 is 1.19 bits per heavy atom. The highest BCUT2D eigenvalue weighted by atomic mass is 32.2. The van der Waals surface area contributed by atoms with Gasteiger partial charge in [-0.2, -0.15) is 4.31 Å². The van der Waals surface area contributed by atoms with Gasteiger partial charge in [0.05, 0.1) is 0 Å². The molecule has 0 spiro atoms. The zero-order valence-electron chi connectivity index (χ0n) is 12.6. The highest BCUT2D eigenvalue weighted by Gasteiger charge is 2.37. The molecule has 2 saturated heterocycles. The third kappa shape index (κ3) is 3.18. The quantitative estimate of drug-likeness (QED) is 0.834. The van der Waals surface area contributed by atoms with E-state index in [1.54, 1.807) is 10.4 Å². The summed E-state index contributed by atoms with van der Waals surface area (Å²) < 4.78 is 28.0. The molecule has 2 fully saturated rings. The summed E-state index contributed by atoms with van der Waals surface area (Å²) in [6.07, 6.45) is 5.40. The fraction of sp³-hybridized carbons (Fsp3) is 0.733. The summed E-state index contributed by atoms with van der Waals surface area (Å²) in [5.41, 5.74) is 0. The van der Waals surface area contributed by atoms with Gasteiger partial charge in [-0.1, -0.05) is 6.92 Å². The van der Waals surface area contributed by atoms with Gasteiger partial charge in [-0.25, -0.2) is 8.42 Å². The van der Waals surface area contributed by atoms with E-state index in [2.05, 4.69) is 11.8 Å². The minimum atomic E-state index is -3.29. The third-order valence-corrected chi connectivity index (χ3v) is 8.19. The molecule has 3 heterocycles. The summed E-state index contributed by atoms with van der Waals surface area (Å²) in [5, 5.41) is 0. The predicted octanol–water partition coefficient (Wildman–Crippen LogP) is 2.56. The normalized spacial score (nSPS) is 24.9. The van der Waals surface area contributed by atoms with Crippen LogP contribution in [-0.2, 0) is 16.4 Å². The van der Waals surface area contributed by atoms with Crippen molar-refractivity contribution >= 4 is 21.4 Å². The van der Waals surface area contributed by atoms with E-state index in [1.165, 1.54) is 24.2 Å². The van der Waals surface area contributed by atoms with Gasteiger partial charge in [0, 0.05) is 24.0 Å². The number of rotatable bonds is 5. The van der Waals surface area contributed by atoms with Gasteiger partial charge in [-0.15, -0.1) is 11.3 Å². The first-order valence-electron chi connectivity index (χ1n) is 7.94. The molecule has 1 atom stereocenters. The summed E-state index contributed by atoms with van der Waals surface area (Å²) in [7, 11) is -3.29. The van der Waals surface area contributed by atoms with E-state index in [0.717, 1.165) is 43.8 Å². The van der Waals surface area contributed by atoms with Crippen molar-refractivity contribution in [2.24, 2.45) is 0 Å². The molecule has 0 bridgehead atoms. The summed E-state index contributed by atoms with van der Waals surface area (Å²) in [6.45, 7) is 5.91. The van der Waals surface area contributed by atoms with Crippen molar-refractivity contribution in [3.8, 4) is 0 Å². The Balaban J connectivity index is 1.76. The van der Waals surface area contributed by atoms with Crippen molar-refractivity contribution in [1.82, 2.24) is 9.21 Å². The van der Waals surface area contributed by atoms with Crippen LogP contribution in [0.15, 0.2) is 16.3 Å². The molecule has 1 unspecified atom stereocenters. The largest absolute Gasteiger partial charge is 0.302 e. The maximum Gasteiger partial charge on any atom is 0.252 e. The monoisotopic (exact) mass is 328 g/mol. The van der Waals surface area contributed by atoms with E-state index < -0.39 is 10.0 Å². The molecule has 118 valence electrons. The molecule has 1 aromatic rings. The summed E-state index contributed by atoms with van der Waals surface area (Å²) in [5.74, 6) is 0. The lowest BCUT2D eigenvalue weighted by atomic mass is 10.2. The van der Waals surface area contributed by atoms with Gasteiger partial charge in [0.15, 0.2) is 0 Å². The summed E-state index contributed by atoms with van der Waals surface area (Å²) in [6, 6.07) is 3.90. The molecule has 0 aliphatic carbocycles. The summed E-state index contributed by atoms with van der Waals surface area (Å²) >= 11 is 1.43. The van der Waals surface area contributed by atoms with Crippen molar-refractivity contribution in [1.29, 1.82) is 0 Å². The van der Waals surface area contributed by atoms with Crippen LogP contribution < -0.4 is 0 Å². The first kappa shape index (κ1) is 15.5. The number of nitrogens with zero attached hydrogens (tertiary/aromatic N) is 2.